The van der Waals surface area contributed by atoms with E-state index in [2.05, 4.69) is 17.6 Å². The Hall–Kier alpha value is -1.35. The highest BCUT2D eigenvalue weighted by Gasteiger charge is 2.23. The summed E-state index contributed by atoms with van der Waals surface area (Å²) >= 11 is 0. The Kier molecular flexibility index (Phi) is 4.97. The van der Waals surface area contributed by atoms with Crippen LogP contribution in [-0.2, 0) is 6.42 Å². The van der Waals surface area contributed by atoms with E-state index < -0.39 is 0 Å². The van der Waals surface area contributed by atoms with Crippen molar-refractivity contribution in [2.45, 2.75) is 38.6 Å². The minimum atomic E-state index is 0.0887. The van der Waals surface area contributed by atoms with Crippen LogP contribution >= 0.6 is 0 Å². The molecule has 1 aliphatic carbocycles. The topological polar surface area (TPSA) is 41.1 Å². The molecule has 2 N–H and O–H groups in total. The summed E-state index contributed by atoms with van der Waals surface area (Å²) in [7, 11) is 1.93. The summed E-state index contributed by atoms with van der Waals surface area (Å²) in [6.45, 7) is 3.15. The fourth-order valence-electron chi connectivity index (χ4n) is 2.82. The zero-order valence-electron chi connectivity index (χ0n) is 11.9. The number of amides is 1. The van der Waals surface area contributed by atoms with Crippen molar-refractivity contribution in [3.05, 3.63) is 35.4 Å². The van der Waals surface area contributed by atoms with Gasteiger partial charge in [0, 0.05) is 11.6 Å². The fraction of sp³-hybridized carbons (Fsp3) is 0.562. The molecular formula is C16H24N2O. The number of benzene rings is 1. The number of likely N-dealkylation sites (N-methyl/N-ethyl adjacent to an activating group) is 1. The van der Waals surface area contributed by atoms with Gasteiger partial charge in [0.1, 0.15) is 0 Å². The van der Waals surface area contributed by atoms with E-state index >= 15 is 0 Å². The third-order valence-electron chi connectivity index (χ3n) is 3.94. The van der Waals surface area contributed by atoms with E-state index in [1.165, 1.54) is 6.42 Å². The van der Waals surface area contributed by atoms with Gasteiger partial charge in [0.25, 0.3) is 5.91 Å². The van der Waals surface area contributed by atoms with E-state index in [0.29, 0.717) is 6.04 Å². The Bertz CT molecular complexity index is 431. The summed E-state index contributed by atoms with van der Waals surface area (Å²) in [4.78, 5) is 12.4. The van der Waals surface area contributed by atoms with Crippen LogP contribution in [0.4, 0.5) is 0 Å². The lowest BCUT2D eigenvalue weighted by atomic mass is 10.0. The summed E-state index contributed by atoms with van der Waals surface area (Å²) < 4.78 is 0. The third-order valence-corrected chi connectivity index (χ3v) is 3.94. The molecule has 0 aromatic heterocycles. The van der Waals surface area contributed by atoms with E-state index in [1.807, 2.05) is 31.3 Å². The predicted molar refractivity (Wildman–Crippen MR) is 78.3 cm³/mol. The number of carbonyl (C=O) groups excluding carboxylic acids is 1. The lowest BCUT2D eigenvalue weighted by molar-refractivity contribution is 0.0936. The van der Waals surface area contributed by atoms with Gasteiger partial charge in [-0.25, -0.2) is 0 Å². The van der Waals surface area contributed by atoms with E-state index in [4.69, 9.17) is 0 Å². The van der Waals surface area contributed by atoms with Crippen molar-refractivity contribution in [2.75, 3.05) is 13.6 Å². The van der Waals surface area contributed by atoms with Crippen molar-refractivity contribution in [3.8, 4) is 0 Å². The van der Waals surface area contributed by atoms with Gasteiger partial charge in [-0.05, 0) is 56.8 Å². The van der Waals surface area contributed by atoms with Gasteiger partial charge < -0.3 is 10.6 Å². The smallest absolute Gasteiger partial charge is 0.251 e. The van der Waals surface area contributed by atoms with Crippen molar-refractivity contribution in [3.63, 3.8) is 0 Å². The molecule has 1 fully saturated rings. The average Bonchev–Trinajstić information content (AvgIpc) is 2.82. The van der Waals surface area contributed by atoms with Crippen molar-refractivity contribution >= 4 is 5.91 Å². The van der Waals surface area contributed by atoms with Crippen LogP contribution in [0, 0.1) is 5.92 Å². The largest absolute Gasteiger partial charge is 0.349 e. The molecule has 1 saturated carbocycles. The molecule has 0 spiro atoms. The summed E-state index contributed by atoms with van der Waals surface area (Å²) in [6.07, 6.45) is 4.35. The molecular weight excluding hydrogens is 236 g/mol. The number of nitrogens with one attached hydrogen (secondary N) is 2. The molecule has 0 bridgehead atoms. The second kappa shape index (κ2) is 6.71. The molecule has 1 aliphatic rings. The lowest BCUT2D eigenvalue weighted by Crippen LogP contribution is -2.33. The maximum atomic E-state index is 12.4. The van der Waals surface area contributed by atoms with Gasteiger partial charge in [0.2, 0.25) is 0 Å². The van der Waals surface area contributed by atoms with E-state index in [1.54, 1.807) is 0 Å². The Morgan fingerprint density at radius 3 is 2.79 bits per heavy atom. The Morgan fingerprint density at radius 2 is 2.11 bits per heavy atom. The Morgan fingerprint density at radius 1 is 1.32 bits per heavy atom. The quantitative estimate of drug-likeness (QED) is 0.853. The molecule has 1 aromatic carbocycles. The number of rotatable bonds is 5. The van der Waals surface area contributed by atoms with E-state index in [-0.39, 0.29) is 5.91 Å². The molecule has 0 radical (unpaired) electrons. The predicted octanol–water partition coefficient (Wildman–Crippen LogP) is 2.37. The molecule has 104 valence electrons. The van der Waals surface area contributed by atoms with Crippen LogP contribution in [0.2, 0.25) is 0 Å². The zero-order chi connectivity index (χ0) is 13.7. The monoisotopic (exact) mass is 260 g/mol. The third kappa shape index (κ3) is 3.80. The van der Waals surface area contributed by atoms with Gasteiger partial charge in [0.15, 0.2) is 0 Å². The van der Waals surface area contributed by atoms with Gasteiger partial charge in [-0.1, -0.05) is 25.1 Å². The molecule has 2 unspecified atom stereocenters. The highest BCUT2D eigenvalue weighted by molar-refractivity contribution is 5.95. The first-order valence-corrected chi connectivity index (χ1v) is 7.24. The number of hydrogen-bond acceptors (Lipinski definition) is 2. The van der Waals surface area contributed by atoms with Crippen LogP contribution in [0.3, 0.4) is 0 Å². The van der Waals surface area contributed by atoms with Crippen LogP contribution in [0.1, 0.15) is 42.1 Å². The number of hydrogen-bond donors (Lipinski definition) is 2. The highest BCUT2D eigenvalue weighted by Crippen LogP contribution is 2.25. The van der Waals surface area contributed by atoms with Gasteiger partial charge >= 0.3 is 0 Å². The molecule has 0 saturated heterocycles. The summed E-state index contributed by atoms with van der Waals surface area (Å²) in [5.41, 5.74) is 1.96. The molecule has 0 aliphatic heterocycles. The Balaban J connectivity index is 2.01. The molecule has 2 rings (SSSR count). The minimum Gasteiger partial charge on any atom is -0.349 e. The van der Waals surface area contributed by atoms with Crippen LogP contribution in [0.5, 0.6) is 0 Å². The van der Waals surface area contributed by atoms with Crippen LogP contribution < -0.4 is 10.6 Å². The second-order valence-corrected chi connectivity index (χ2v) is 5.60. The molecule has 1 aromatic rings. The first kappa shape index (κ1) is 14.1. The van der Waals surface area contributed by atoms with Gasteiger partial charge in [0.05, 0.1) is 0 Å². The molecule has 3 heteroatoms. The second-order valence-electron chi connectivity index (χ2n) is 5.60. The zero-order valence-corrected chi connectivity index (χ0v) is 11.9. The molecule has 0 heterocycles. The minimum absolute atomic E-state index is 0.0887. The molecule has 3 nitrogen and oxygen atoms in total. The maximum absolute atomic E-state index is 12.4. The first-order chi connectivity index (χ1) is 9.20. The van der Waals surface area contributed by atoms with Crippen molar-refractivity contribution in [1.82, 2.24) is 10.6 Å². The van der Waals surface area contributed by atoms with Gasteiger partial charge in [-0.15, -0.1) is 0 Å². The van der Waals surface area contributed by atoms with E-state index in [0.717, 1.165) is 42.9 Å². The van der Waals surface area contributed by atoms with Crippen molar-refractivity contribution in [2.24, 2.45) is 5.92 Å². The van der Waals surface area contributed by atoms with Gasteiger partial charge in [-0.3, -0.25) is 4.79 Å². The fourth-order valence-corrected chi connectivity index (χ4v) is 2.82. The summed E-state index contributed by atoms with van der Waals surface area (Å²) in [6, 6.07) is 8.27. The van der Waals surface area contributed by atoms with Gasteiger partial charge in [-0.2, -0.15) is 0 Å². The molecule has 2 atom stereocenters. The lowest BCUT2D eigenvalue weighted by Gasteiger charge is -2.14. The normalized spacial score (nSPS) is 22.4. The van der Waals surface area contributed by atoms with Crippen LogP contribution in [0.25, 0.3) is 0 Å². The van der Waals surface area contributed by atoms with Crippen LogP contribution in [-0.4, -0.2) is 25.5 Å². The molecule has 19 heavy (non-hydrogen) atoms. The summed E-state index contributed by atoms with van der Waals surface area (Å²) in [5.74, 6) is 0.829. The molecule has 1 amide bonds. The van der Waals surface area contributed by atoms with Crippen molar-refractivity contribution in [1.29, 1.82) is 0 Å². The maximum Gasteiger partial charge on any atom is 0.251 e. The highest BCUT2D eigenvalue weighted by atomic mass is 16.1. The standard InChI is InChI=1S/C16H24N2O/c1-12-7-8-14(11-12)18-16(19)15-6-4-3-5-13(15)9-10-17-2/h3-6,12,14,17H,7-11H2,1-2H3,(H,18,19). The van der Waals surface area contributed by atoms with Crippen LogP contribution in [0.15, 0.2) is 24.3 Å². The number of carbonyl (C=O) groups is 1. The summed E-state index contributed by atoms with van der Waals surface area (Å²) in [5, 5.41) is 6.31. The van der Waals surface area contributed by atoms with E-state index in [9.17, 15) is 4.79 Å². The Labute approximate surface area is 115 Å². The average molecular weight is 260 g/mol. The SMILES string of the molecule is CNCCc1ccccc1C(=O)NC1CCC(C)C1. The first-order valence-electron chi connectivity index (χ1n) is 7.24. The van der Waals surface area contributed by atoms with Crippen molar-refractivity contribution < 1.29 is 4.79 Å².